The molecule has 0 aliphatic rings. The molecule has 0 aliphatic carbocycles. The van der Waals surface area contributed by atoms with Crippen molar-refractivity contribution < 1.29 is 9.53 Å². The summed E-state index contributed by atoms with van der Waals surface area (Å²) in [5.41, 5.74) is 0.560. The first-order valence-electron chi connectivity index (χ1n) is 7.88. The molecule has 1 heterocycles. The van der Waals surface area contributed by atoms with Crippen LogP contribution in [-0.2, 0) is 11.8 Å². The Labute approximate surface area is 167 Å². The second-order valence-electron chi connectivity index (χ2n) is 6.96. The number of nitrogens with zero attached hydrogens (tertiary/aromatic N) is 4. The quantitative estimate of drug-likeness (QED) is 0.253. The van der Waals surface area contributed by atoms with Gasteiger partial charge in [-0.25, -0.2) is 0 Å². The molecule has 1 aromatic carbocycles. The standard InChI is InChI=1S/C16H22ClIN4O2Si/c1-21-10-15(19-20-21)22(11-24-7-8-25(2,3)4)16(23)13-6-5-12(17)9-14(13)18/h5-6,9-10H,7-8,11H2,1-4H3. The van der Waals surface area contributed by atoms with E-state index in [2.05, 4.69) is 52.5 Å². The molecule has 136 valence electrons. The van der Waals surface area contributed by atoms with Gasteiger partial charge in [0.25, 0.3) is 5.91 Å². The molecular formula is C16H22ClIN4O2Si. The van der Waals surface area contributed by atoms with Crippen LogP contribution in [0.4, 0.5) is 5.82 Å². The van der Waals surface area contributed by atoms with Gasteiger partial charge in [0.1, 0.15) is 6.73 Å². The Morgan fingerprint density at radius 1 is 1.40 bits per heavy atom. The van der Waals surface area contributed by atoms with Crippen LogP contribution in [0.25, 0.3) is 0 Å². The van der Waals surface area contributed by atoms with Crippen LogP contribution in [0.3, 0.4) is 0 Å². The summed E-state index contributed by atoms with van der Waals surface area (Å²) in [5.74, 6) is 0.279. The molecule has 9 heteroatoms. The molecule has 0 saturated heterocycles. The normalized spacial score (nSPS) is 11.6. The van der Waals surface area contributed by atoms with Crippen molar-refractivity contribution in [3.8, 4) is 0 Å². The van der Waals surface area contributed by atoms with E-state index in [1.54, 1.807) is 36.1 Å². The van der Waals surface area contributed by atoms with Gasteiger partial charge < -0.3 is 4.74 Å². The van der Waals surface area contributed by atoms with Crippen LogP contribution < -0.4 is 4.90 Å². The number of benzene rings is 1. The molecule has 1 amide bonds. The summed E-state index contributed by atoms with van der Waals surface area (Å²) in [7, 11) is 0.574. The molecule has 0 radical (unpaired) electrons. The summed E-state index contributed by atoms with van der Waals surface area (Å²) in [6, 6.07) is 6.22. The van der Waals surface area contributed by atoms with Crippen LogP contribution in [0.15, 0.2) is 24.4 Å². The van der Waals surface area contributed by atoms with Gasteiger partial charge in [0, 0.05) is 30.3 Å². The van der Waals surface area contributed by atoms with Crippen molar-refractivity contribution in [2.45, 2.75) is 25.7 Å². The van der Waals surface area contributed by atoms with Crippen molar-refractivity contribution in [1.82, 2.24) is 15.0 Å². The molecule has 0 atom stereocenters. The summed E-state index contributed by atoms with van der Waals surface area (Å²) in [6.45, 7) is 7.63. The van der Waals surface area contributed by atoms with Crippen molar-refractivity contribution in [3.05, 3.63) is 38.6 Å². The summed E-state index contributed by atoms with van der Waals surface area (Å²) in [4.78, 5) is 14.5. The molecule has 0 N–H and O–H groups in total. The highest BCUT2D eigenvalue weighted by Gasteiger charge is 2.23. The fraction of sp³-hybridized carbons (Fsp3) is 0.438. The first kappa shape index (κ1) is 20.3. The predicted molar refractivity (Wildman–Crippen MR) is 111 cm³/mol. The van der Waals surface area contributed by atoms with E-state index in [0.717, 1.165) is 9.61 Å². The molecule has 6 nitrogen and oxygen atoms in total. The largest absolute Gasteiger partial charge is 0.361 e. The van der Waals surface area contributed by atoms with Crippen LogP contribution in [-0.4, -0.2) is 42.3 Å². The summed E-state index contributed by atoms with van der Waals surface area (Å²) >= 11 is 8.10. The lowest BCUT2D eigenvalue weighted by atomic mass is 10.2. The zero-order valence-electron chi connectivity index (χ0n) is 14.8. The second kappa shape index (κ2) is 8.61. The van der Waals surface area contributed by atoms with Crippen LogP contribution in [0.1, 0.15) is 10.4 Å². The van der Waals surface area contributed by atoms with Gasteiger partial charge in [-0.3, -0.25) is 14.4 Å². The molecule has 0 saturated carbocycles. The molecule has 0 unspecified atom stereocenters. The number of anilines is 1. The molecule has 25 heavy (non-hydrogen) atoms. The lowest BCUT2D eigenvalue weighted by Gasteiger charge is -2.22. The monoisotopic (exact) mass is 492 g/mol. The Bertz CT molecular complexity index is 748. The van der Waals surface area contributed by atoms with Gasteiger partial charge in [0.2, 0.25) is 0 Å². The number of carbonyl (C=O) groups is 1. The van der Waals surface area contributed by atoms with E-state index in [1.165, 1.54) is 4.90 Å². The molecule has 2 aromatic rings. The Balaban J connectivity index is 2.18. The third kappa shape index (κ3) is 6.05. The van der Waals surface area contributed by atoms with Crippen LogP contribution in [0.2, 0.25) is 30.7 Å². The molecule has 0 bridgehead atoms. The number of halogens is 2. The number of rotatable bonds is 7. The summed E-state index contributed by atoms with van der Waals surface area (Å²) in [6.07, 6.45) is 1.70. The van der Waals surface area contributed by atoms with Crippen molar-refractivity contribution in [1.29, 1.82) is 0 Å². The van der Waals surface area contributed by atoms with Crippen molar-refractivity contribution in [2.75, 3.05) is 18.2 Å². The Kier molecular flexibility index (Phi) is 7.00. The molecule has 0 aliphatic heterocycles. The van der Waals surface area contributed by atoms with Gasteiger partial charge in [-0.05, 0) is 46.8 Å². The van der Waals surface area contributed by atoms with Gasteiger partial charge in [0.05, 0.1) is 11.8 Å². The molecule has 0 fully saturated rings. The first-order valence-corrected chi connectivity index (χ1v) is 13.0. The fourth-order valence-corrected chi connectivity index (χ4v) is 3.89. The maximum absolute atomic E-state index is 13.0. The van der Waals surface area contributed by atoms with Gasteiger partial charge in [-0.2, -0.15) is 0 Å². The zero-order chi connectivity index (χ0) is 18.6. The van der Waals surface area contributed by atoms with E-state index in [1.807, 2.05) is 0 Å². The number of carbonyl (C=O) groups excluding carboxylic acids is 1. The van der Waals surface area contributed by atoms with Gasteiger partial charge in [-0.1, -0.05) is 36.5 Å². The average Bonchev–Trinajstić information content (AvgIpc) is 2.92. The number of aryl methyl sites for hydroxylation is 1. The van der Waals surface area contributed by atoms with E-state index in [4.69, 9.17) is 16.3 Å². The second-order valence-corrected chi connectivity index (χ2v) is 14.2. The van der Waals surface area contributed by atoms with E-state index < -0.39 is 8.07 Å². The Hall–Kier alpha value is -0.973. The third-order valence-corrected chi connectivity index (χ3v) is 6.32. The number of ether oxygens (including phenoxy) is 1. The van der Waals surface area contributed by atoms with Gasteiger partial charge in [-0.15, -0.1) is 5.10 Å². The third-order valence-electron chi connectivity index (χ3n) is 3.49. The highest BCUT2D eigenvalue weighted by molar-refractivity contribution is 14.1. The topological polar surface area (TPSA) is 60.2 Å². The van der Waals surface area contributed by atoms with Crippen molar-refractivity contribution in [2.24, 2.45) is 7.05 Å². The lowest BCUT2D eigenvalue weighted by Crippen LogP contribution is -2.35. The number of aromatic nitrogens is 3. The minimum absolute atomic E-state index is 0.140. The molecule has 2 rings (SSSR count). The van der Waals surface area contributed by atoms with Crippen LogP contribution in [0.5, 0.6) is 0 Å². The lowest BCUT2D eigenvalue weighted by molar-refractivity contribution is 0.0898. The van der Waals surface area contributed by atoms with Gasteiger partial charge in [0.15, 0.2) is 5.82 Å². The molecule has 1 aromatic heterocycles. The van der Waals surface area contributed by atoms with Crippen LogP contribution >= 0.6 is 34.2 Å². The zero-order valence-corrected chi connectivity index (χ0v) is 18.7. The predicted octanol–water partition coefficient (Wildman–Crippen LogP) is 4.03. The van der Waals surface area contributed by atoms with E-state index in [-0.39, 0.29) is 12.6 Å². The smallest absolute Gasteiger partial charge is 0.262 e. The summed E-state index contributed by atoms with van der Waals surface area (Å²) in [5, 5.41) is 8.57. The van der Waals surface area contributed by atoms with E-state index >= 15 is 0 Å². The number of hydrogen-bond donors (Lipinski definition) is 0. The molecule has 0 spiro atoms. The SMILES string of the molecule is Cn1cc(N(COCC[Si](C)(C)C)C(=O)c2ccc(Cl)cc2I)nn1. The average molecular weight is 493 g/mol. The van der Waals surface area contributed by atoms with E-state index in [0.29, 0.717) is 23.0 Å². The highest BCUT2D eigenvalue weighted by Crippen LogP contribution is 2.22. The fourth-order valence-electron chi connectivity index (χ4n) is 2.03. The maximum atomic E-state index is 13.0. The highest BCUT2D eigenvalue weighted by atomic mass is 127. The minimum atomic E-state index is -1.19. The molecular weight excluding hydrogens is 471 g/mol. The Morgan fingerprint density at radius 2 is 2.12 bits per heavy atom. The van der Waals surface area contributed by atoms with Crippen molar-refractivity contribution >= 4 is 54.0 Å². The summed E-state index contributed by atoms with van der Waals surface area (Å²) < 4.78 is 8.12. The minimum Gasteiger partial charge on any atom is -0.361 e. The maximum Gasteiger partial charge on any atom is 0.262 e. The van der Waals surface area contributed by atoms with Gasteiger partial charge >= 0.3 is 0 Å². The number of amides is 1. The van der Waals surface area contributed by atoms with Crippen molar-refractivity contribution in [3.63, 3.8) is 0 Å². The number of hydrogen-bond acceptors (Lipinski definition) is 4. The Morgan fingerprint density at radius 3 is 2.68 bits per heavy atom. The first-order chi connectivity index (χ1) is 11.7. The van der Waals surface area contributed by atoms with Crippen LogP contribution in [0, 0.1) is 3.57 Å². The van der Waals surface area contributed by atoms with E-state index in [9.17, 15) is 4.79 Å².